The molecule has 0 aromatic carbocycles. The van der Waals surface area contributed by atoms with Gasteiger partial charge in [-0.2, -0.15) is 0 Å². The first-order valence-corrected chi connectivity index (χ1v) is 6.97. The molecule has 0 aliphatic carbocycles. The number of hydrazine groups is 1. The standard InChI is InChI=1S/C13H19N5S/c1-7-5-6-11(19-7)9(3)15-12-8(2)13(18-14)17-10(4)16-12/h5-6,9H,14H2,1-4H3,(H2,15,16,17,18). The third kappa shape index (κ3) is 3.02. The van der Waals surface area contributed by atoms with Crippen LogP contribution >= 0.6 is 11.3 Å². The highest BCUT2D eigenvalue weighted by Gasteiger charge is 2.13. The summed E-state index contributed by atoms with van der Waals surface area (Å²) in [5.41, 5.74) is 3.53. The molecule has 1 unspecified atom stereocenters. The van der Waals surface area contributed by atoms with Gasteiger partial charge >= 0.3 is 0 Å². The van der Waals surface area contributed by atoms with Gasteiger partial charge in [0.25, 0.3) is 0 Å². The molecular weight excluding hydrogens is 258 g/mol. The van der Waals surface area contributed by atoms with Crippen LogP contribution in [0.15, 0.2) is 12.1 Å². The van der Waals surface area contributed by atoms with Crippen LogP contribution in [0.1, 0.15) is 34.1 Å². The number of aryl methyl sites for hydroxylation is 2. The summed E-state index contributed by atoms with van der Waals surface area (Å²) >= 11 is 1.79. The van der Waals surface area contributed by atoms with Gasteiger partial charge in [-0.15, -0.1) is 11.3 Å². The Bertz CT molecular complexity index is 578. The zero-order valence-electron chi connectivity index (χ0n) is 11.6. The minimum atomic E-state index is 0.206. The second-order valence-electron chi connectivity index (χ2n) is 4.55. The van der Waals surface area contributed by atoms with E-state index in [-0.39, 0.29) is 6.04 Å². The molecule has 0 aliphatic heterocycles. The summed E-state index contributed by atoms with van der Waals surface area (Å²) in [4.78, 5) is 11.3. The van der Waals surface area contributed by atoms with Crippen LogP contribution < -0.4 is 16.6 Å². The second-order valence-corrected chi connectivity index (χ2v) is 5.87. The van der Waals surface area contributed by atoms with Crippen LogP contribution in [0.2, 0.25) is 0 Å². The average molecular weight is 277 g/mol. The molecule has 1 atom stereocenters. The van der Waals surface area contributed by atoms with Gasteiger partial charge in [0.15, 0.2) is 0 Å². The van der Waals surface area contributed by atoms with Gasteiger partial charge in [0.05, 0.1) is 6.04 Å². The average Bonchev–Trinajstić information content (AvgIpc) is 2.80. The lowest BCUT2D eigenvalue weighted by Crippen LogP contribution is -2.15. The molecule has 0 bridgehead atoms. The Hall–Kier alpha value is -1.66. The zero-order chi connectivity index (χ0) is 14.0. The number of rotatable bonds is 4. The lowest BCUT2D eigenvalue weighted by molar-refractivity contribution is 0.881. The maximum atomic E-state index is 5.47. The van der Waals surface area contributed by atoms with Crippen molar-refractivity contribution in [3.05, 3.63) is 33.3 Å². The monoisotopic (exact) mass is 277 g/mol. The molecule has 102 valence electrons. The Labute approximate surface area is 117 Å². The van der Waals surface area contributed by atoms with Gasteiger partial charge in [0.1, 0.15) is 17.5 Å². The van der Waals surface area contributed by atoms with Crippen LogP contribution in [0.25, 0.3) is 0 Å². The first-order valence-electron chi connectivity index (χ1n) is 6.16. The summed E-state index contributed by atoms with van der Waals surface area (Å²) in [7, 11) is 0. The molecule has 0 spiro atoms. The van der Waals surface area contributed by atoms with Crippen molar-refractivity contribution in [1.29, 1.82) is 0 Å². The van der Waals surface area contributed by atoms with Gasteiger partial charge in [-0.3, -0.25) is 0 Å². The zero-order valence-corrected chi connectivity index (χ0v) is 12.4. The van der Waals surface area contributed by atoms with Crippen LogP contribution in [0.4, 0.5) is 11.6 Å². The summed E-state index contributed by atoms with van der Waals surface area (Å²) in [5, 5.41) is 3.42. The fourth-order valence-electron chi connectivity index (χ4n) is 1.87. The van der Waals surface area contributed by atoms with Gasteiger partial charge in [0.2, 0.25) is 0 Å². The third-order valence-corrected chi connectivity index (χ3v) is 4.12. The molecule has 2 aromatic rings. The molecule has 2 aromatic heterocycles. The van der Waals surface area contributed by atoms with E-state index in [0.717, 1.165) is 11.4 Å². The number of aromatic nitrogens is 2. The normalized spacial score (nSPS) is 12.3. The Morgan fingerprint density at radius 3 is 2.42 bits per heavy atom. The number of hydrogen-bond donors (Lipinski definition) is 3. The van der Waals surface area contributed by atoms with Crippen molar-refractivity contribution in [2.45, 2.75) is 33.7 Å². The number of nitrogens with zero attached hydrogens (tertiary/aromatic N) is 2. The highest BCUT2D eigenvalue weighted by atomic mass is 32.1. The Balaban J connectivity index is 2.25. The van der Waals surface area contributed by atoms with Crippen LogP contribution in [-0.4, -0.2) is 9.97 Å². The molecule has 0 radical (unpaired) electrons. The largest absolute Gasteiger partial charge is 0.362 e. The van der Waals surface area contributed by atoms with Crippen LogP contribution in [0.5, 0.6) is 0 Å². The highest BCUT2D eigenvalue weighted by Crippen LogP contribution is 2.27. The molecule has 5 nitrogen and oxygen atoms in total. The summed E-state index contributed by atoms with van der Waals surface area (Å²) in [6.07, 6.45) is 0. The van der Waals surface area contributed by atoms with Crippen LogP contribution in [0.3, 0.4) is 0 Å². The van der Waals surface area contributed by atoms with E-state index >= 15 is 0 Å². The molecule has 4 N–H and O–H groups in total. The lowest BCUT2D eigenvalue weighted by Gasteiger charge is -2.16. The van der Waals surface area contributed by atoms with Crippen molar-refractivity contribution >= 4 is 23.0 Å². The Kier molecular flexibility index (Phi) is 4.01. The van der Waals surface area contributed by atoms with E-state index in [9.17, 15) is 0 Å². The molecule has 0 saturated heterocycles. The molecular formula is C13H19N5S. The Morgan fingerprint density at radius 1 is 1.16 bits per heavy atom. The van der Waals surface area contributed by atoms with E-state index in [4.69, 9.17) is 5.84 Å². The number of nitrogen functional groups attached to an aromatic ring is 1. The van der Waals surface area contributed by atoms with E-state index in [2.05, 4.69) is 46.7 Å². The fraction of sp³-hybridized carbons (Fsp3) is 0.385. The third-order valence-electron chi connectivity index (χ3n) is 2.94. The van der Waals surface area contributed by atoms with Gasteiger partial charge in [-0.25, -0.2) is 15.8 Å². The molecule has 2 heterocycles. The lowest BCUT2D eigenvalue weighted by atomic mass is 10.2. The minimum absolute atomic E-state index is 0.206. The first-order chi connectivity index (χ1) is 9.01. The molecule has 6 heteroatoms. The maximum absolute atomic E-state index is 5.47. The van der Waals surface area contributed by atoms with E-state index in [1.54, 1.807) is 11.3 Å². The van der Waals surface area contributed by atoms with E-state index in [1.165, 1.54) is 9.75 Å². The van der Waals surface area contributed by atoms with Crippen molar-refractivity contribution < 1.29 is 0 Å². The number of nitrogens with one attached hydrogen (secondary N) is 2. The molecule has 19 heavy (non-hydrogen) atoms. The number of anilines is 2. The predicted molar refractivity (Wildman–Crippen MR) is 80.4 cm³/mol. The van der Waals surface area contributed by atoms with Crippen LogP contribution in [0, 0.1) is 20.8 Å². The van der Waals surface area contributed by atoms with Crippen LogP contribution in [-0.2, 0) is 0 Å². The molecule has 0 saturated carbocycles. The summed E-state index contributed by atoms with van der Waals surface area (Å²) in [5.74, 6) is 7.63. The number of nitrogens with two attached hydrogens (primary N) is 1. The van der Waals surface area contributed by atoms with Gasteiger partial charge < -0.3 is 10.7 Å². The number of thiophene rings is 1. The number of hydrogen-bond acceptors (Lipinski definition) is 6. The summed E-state index contributed by atoms with van der Waals surface area (Å²) in [6, 6.07) is 4.48. The smallest absolute Gasteiger partial charge is 0.148 e. The van der Waals surface area contributed by atoms with Crippen molar-refractivity contribution in [3.63, 3.8) is 0 Å². The summed E-state index contributed by atoms with van der Waals surface area (Å²) < 4.78 is 0. The van der Waals surface area contributed by atoms with E-state index in [1.807, 2.05) is 13.8 Å². The maximum Gasteiger partial charge on any atom is 0.148 e. The second kappa shape index (κ2) is 5.54. The molecule has 0 aliphatic rings. The fourth-order valence-corrected chi connectivity index (χ4v) is 2.75. The van der Waals surface area contributed by atoms with Crippen molar-refractivity contribution in [2.24, 2.45) is 5.84 Å². The SMILES string of the molecule is Cc1nc(NN)c(C)c(NC(C)c2ccc(C)s2)n1. The molecule has 2 rings (SSSR count). The predicted octanol–water partition coefficient (Wildman–Crippen LogP) is 2.92. The van der Waals surface area contributed by atoms with Gasteiger partial charge in [0, 0.05) is 15.3 Å². The van der Waals surface area contributed by atoms with Gasteiger partial charge in [-0.1, -0.05) is 0 Å². The topological polar surface area (TPSA) is 75.9 Å². The molecule has 0 amide bonds. The highest BCUT2D eigenvalue weighted by molar-refractivity contribution is 7.12. The molecule has 0 fully saturated rings. The first kappa shape index (κ1) is 13.8. The van der Waals surface area contributed by atoms with Crippen molar-refractivity contribution in [1.82, 2.24) is 9.97 Å². The van der Waals surface area contributed by atoms with Gasteiger partial charge in [-0.05, 0) is 39.8 Å². The minimum Gasteiger partial charge on any atom is -0.362 e. The summed E-state index contributed by atoms with van der Waals surface area (Å²) in [6.45, 7) is 8.03. The van der Waals surface area contributed by atoms with Crippen molar-refractivity contribution in [3.8, 4) is 0 Å². The Morgan fingerprint density at radius 2 is 1.84 bits per heavy atom. The quantitative estimate of drug-likeness (QED) is 0.592. The van der Waals surface area contributed by atoms with E-state index < -0.39 is 0 Å². The van der Waals surface area contributed by atoms with Crippen molar-refractivity contribution in [2.75, 3.05) is 10.7 Å². The van der Waals surface area contributed by atoms with E-state index in [0.29, 0.717) is 11.6 Å².